The van der Waals surface area contributed by atoms with E-state index < -0.39 is 0 Å². The van der Waals surface area contributed by atoms with Crippen molar-refractivity contribution in [1.82, 2.24) is 10.3 Å². The number of aryl methyl sites for hydroxylation is 1. The summed E-state index contributed by atoms with van der Waals surface area (Å²) in [6.45, 7) is 6.61. The zero-order chi connectivity index (χ0) is 14.4. The van der Waals surface area contributed by atoms with Gasteiger partial charge in [0.25, 0.3) is 0 Å². The van der Waals surface area contributed by atoms with Gasteiger partial charge in [0.05, 0.1) is 0 Å². The summed E-state index contributed by atoms with van der Waals surface area (Å²) in [6.07, 6.45) is 5.92. The van der Waals surface area contributed by atoms with Crippen molar-refractivity contribution in [2.24, 2.45) is 0 Å². The molecule has 2 heteroatoms. The predicted octanol–water partition coefficient (Wildman–Crippen LogP) is 4.45. The van der Waals surface area contributed by atoms with Gasteiger partial charge >= 0.3 is 0 Å². The third-order valence-electron chi connectivity index (χ3n) is 3.83. The van der Waals surface area contributed by atoms with E-state index in [2.05, 4.69) is 61.4 Å². The molecule has 1 heterocycles. The monoisotopic (exact) mass is 268 g/mol. The van der Waals surface area contributed by atoms with Gasteiger partial charge in [-0.1, -0.05) is 44.2 Å². The molecule has 0 amide bonds. The Balaban J connectivity index is 2.08. The fraction of sp³-hybridized carbons (Fsp3) is 0.389. The molecule has 0 aliphatic carbocycles. The second-order valence-electron chi connectivity index (χ2n) is 5.23. The minimum atomic E-state index is 0.305. The van der Waals surface area contributed by atoms with Crippen LogP contribution in [0.25, 0.3) is 0 Å². The van der Waals surface area contributed by atoms with Crippen molar-refractivity contribution in [3.8, 4) is 0 Å². The second-order valence-corrected chi connectivity index (χ2v) is 5.23. The summed E-state index contributed by atoms with van der Waals surface area (Å²) in [5.41, 5.74) is 3.99. The van der Waals surface area contributed by atoms with Gasteiger partial charge in [0.1, 0.15) is 0 Å². The summed E-state index contributed by atoms with van der Waals surface area (Å²) in [7, 11) is 0. The molecule has 0 aliphatic heterocycles. The van der Waals surface area contributed by atoms with Crippen molar-refractivity contribution in [3.05, 3.63) is 65.5 Å². The van der Waals surface area contributed by atoms with Crippen molar-refractivity contribution < 1.29 is 0 Å². The Labute approximate surface area is 122 Å². The van der Waals surface area contributed by atoms with Crippen molar-refractivity contribution >= 4 is 0 Å². The van der Waals surface area contributed by atoms with Crippen LogP contribution in [-0.4, -0.2) is 4.98 Å². The average Bonchev–Trinajstić information content (AvgIpc) is 2.53. The van der Waals surface area contributed by atoms with Crippen molar-refractivity contribution in [2.75, 3.05) is 0 Å². The van der Waals surface area contributed by atoms with Crippen LogP contribution in [0.2, 0.25) is 0 Å². The molecule has 0 radical (unpaired) electrons. The minimum Gasteiger partial charge on any atom is -0.303 e. The first-order valence-corrected chi connectivity index (χ1v) is 7.49. The van der Waals surface area contributed by atoms with Gasteiger partial charge in [-0.3, -0.25) is 4.98 Å². The Hall–Kier alpha value is -1.67. The first kappa shape index (κ1) is 14.7. The lowest BCUT2D eigenvalue weighted by Crippen LogP contribution is -2.24. The van der Waals surface area contributed by atoms with E-state index in [0.717, 1.165) is 12.8 Å². The molecule has 2 aromatic rings. The highest BCUT2D eigenvalue weighted by Gasteiger charge is 2.13. The van der Waals surface area contributed by atoms with Gasteiger partial charge in [-0.05, 0) is 42.5 Å². The number of pyridine rings is 1. The van der Waals surface area contributed by atoms with E-state index in [1.54, 1.807) is 0 Å². The normalized spacial score (nSPS) is 13.9. The first-order chi connectivity index (χ1) is 9.74. The topological polar surface area (TPSA) is 24.9 Å². The molecule has 2 rings (SSSR count). The zero-order valence-corrected chi connectivity index (χ0v) is 12.6. The van der Waals surface area contributed by atoms with E-state index >= 15 is 0 Å². The maximum absolute atomic E-state index is 4.19. The smallest absolute Gasteiger partial charge is 0.0323 e. The third-order valence-corrected chi connectivity index (χ3v) is 3.83. The van der Waals surface area contributed by atoms with Gasteiger partial charge in [-0.2, -0.15) is 0 Å². The van der Waals surface area contributed by atoms with E-state index in [9.17, 15) is 0 Å². The Morgan fingerprint density at radius 3 is 2.35 bits per heavy atom. The van der Waals surface area contributed by atoms with Crippen LogP contribution < -0.4 is 5.32 Å². The number of aromatic nitrogens is 1. The summed E-state index contributed by atoms with van der Waals surface area (Å²) < 4.78 is 0. The summed E-state index contributed by atoms with van der Waals surface area (Å²) in [4.78, 5) is 4.19. The molecule has 0 fully saturated rings. The predicted molar refractivity (Wildman–Crippen MR) is 84.6 cm³/mol. The number of nitrogens with zero attached hydrogens (tertiary/aromatic N) is 1. The summed E-state index contributed by atoms with van der Waals surface area (Å²) in [5, 5.41) is 3.70. The number of rotatable bonds is 6. The molecule has 2 atom stereocenters. The van der Waals surface area contributed by atoms with Crippen LogP contribution in [0.3, 0.4) is 0 Å². The Kier molecular flexibility index (Phi) is 5.31. The van der Waals surface area contributed by atoms with Crippen LogP contribution in [-0.2, 0) is 6.42 Å². The standard InChI is InChI=1S/C18H24N2/c1-4-15-8-10-16(11-9-15)18(5-2)20-14(3)17-7-6-12-19-13-17/h6-14,18,20H,4-5H2,1-3H3/t14-,18?/m1/s1. The Morgan fingerprint density at radius 2 is 1.80 bits per heavy atom. The van der Waals surface area contributed by atoms with Gasteiger partial charge in [-0.15, -0.1) is 0 Å². The Bertz CT molecular complexity index is 505. The number of benzene rings is 1. The lowest BCUT2D eigenvalue weighted by Gasteiger charge is -2.23. The van der Waals surface area contributed by atoms with E-state index in [1.807, 2.05) is 18.5 Å². The molecular formula is C18H24N2. The van der Waals surface area contributed by atoms with Crippen molar-refractivity contribution in [2.45, 2.75) is 45.7 Å². The fourth-order valence-corrected chi connectivity index (χ4v) is 2.47. The highest BCUT2D eigenvalue weighted by atomic mass is 14.9. The molecule has 0 spiro atoms. The average molecular weight is 268 g/mol. The van der Waals surface area contributed by atoms with E-state index in [4.69, 9.17) is 0 Å². The van der Waals surface area contributed by atoms with Crippen LogP contribution in [0.1, 0.15) is 56.0 Å². The quantitative estimate of drug-likeness (QED) is 0.837. The fourth-order valence-electron chi connectivity index (χ4n) is 2.47. The molecule has 0 saturated carbocycles. The van der Waals surface area contributed by atoms with Gasteiger partial charge in [0.2, 0.25) is 0 Å². The molecule has 0 aliphatic rings. The second kappa shape index (κ2) is 7.20. The highest BCUT2D eigenvalue weighted by molar-refractivity contribution is 5.25. The summed E-state index contributed by atoms with van der Waals surface area (Å²) in [6, 6.07) is 13.8. The van der Waals surface area contributed by atoms with Crippen molar-refractivity contribution in [3.63, 3.8) is 0 Å². The third kappa shape index (κ3) is 3.67. The van der Waals surface area contributed by atoms with Crippen LogP contribution in [0.4, 0.5) is 0 Å². The maximum atomic E-state index is 4.19. The molecule has 1 aromatic carbocycles. The van der Waals surface area contributed by atoms with Crippen molar-refractivity contribution in [1.29, 1.82) is 0 Å². The molecule has 106 valence electrons. The van der Waals surface area contributed by atoms with E-state index in [1.165, 1.54) is 16.7 Å². The largest absolute Gasteiger partial charge is 0.303 e. The molecular weight excluding hydrogens is 244 g/mol. The molecule has 1 unspecified atom stereocenters. The molecule has 2 nitrogen and oxygen atoms in total. The minimum absolute atomic E-state index is 0.305. The van der Waals surface area contributed by atoms with Crippen LogP contribution >= 0.6 is 0 Å². The van der Waals surface area contributed by atoms with Gasteiger partial charge in [0.15, 0.2) is 0 Å². The highest BCUT2D eigenvalue weighted by Crippen LogP contribution is 2.22. The lowest BCUT2D eigenvalue weighted by atomic mass is 10.00. The maximum Gasteiger partial charge on any atom is 0.0323 e. The molecule has 1 N–H and O–H groups in total. The van der Waals surface area contributed by atoms with Gasteiger partial charge in [-0.25, -0.2) is 0 Å². The zero-order valence-electron chi connectivity index (χ0n) is 12.6. The molecule has 1 aromatic heterocycles. The number of hydrogen-bond donors (Lipinski definition) is 1. The van der Waals surface area contributed by atoms with Crippen LogP contribution in [0.15, 0.2) is 48.8 Å². The summed E-state index contributed by atoms with van der Waals surface area (Å²) >= 11 is 0. The number of hydrogen-bond acceptors (Lipinski definition) is 2. The number of nitrogens with one attached hydrogen (secondary N) is 1. The first-order valence-electron chi connectivity index (χ1n) is 7.49. The summed E-state index contributed by atoms with van der Waals surface area (Å²) in [5.74, 6) is 0. The molecule has 0 bridgehead atoms. The SMILES string of the molecule is CCc1ccc(C(CC)N[C@H](C)c2cccnc2)cc1. The lowest BCUT2D eigenvalue weighted by molar-refractivity contribution is 0.455. The Morgan fingerprint density at radius 1 is 1.05 bits per heavy atom. The van der Waals surface area contributed by atoms with Gasteiger partial charge in [0, 0.05) is 24.5 Å². The van der Waals surface area contributed by atoms with Crippen LogP contribution in [0.5, 0.6) is 0 Å². The van der Waals surface area contributed by atoms with E-state index in [-0.39, 0.29) is 0 Å². The van der Waals surface area contributed by atoms with Crippen LogP contribution in [0, 0.1) is 0 Å². The molecule has 20 heavy (non-hydrogen) atoms. The molecule has 0 saturated heterocycles. The van der Waals surface area contributed by atoms with Gasteiger partial charge < -0.3 is 5.32 Å². The van der Waals surface area contributed by atoms with E-state index in [0.29, 0.717) is 12.1 Å².